The minimum Gasteiger partial charge on any atom is -0.469 e. The van der Waals surface area contributed by atoms with Crippen LogP contribution in [0.4, 0.5) is 11.4 Å². The number of carbonyl (C=O) groups is 2. The van der Waals surface area contributed by atoms with E-state index in [9.17, 15) is 9.59 Å². The topological polar surface area (TPSA) is 102 Å². The van der Waals surface area contributed by atoms with Gasteiger partial charge >= 0.3 is 0 Å². The second-order valence-electron chi connectivity index (χ2n) is 6.96. The van der Waals surface area contributed by atoms with E-state index in [1.807, 2.05) is 47.9 Å². The molecule has 2 heterocycles. The Bertz CT molecular complexity index is 1230. The minimum absolute atomic E-state index is 0.148. The lowest BCUT2D eigenvalue weighted by atomic mass is 10.2. The monoisotopic (exact) mass is 447 g/mol. The Morgan fingerprint density at radius 1 is 0.969 bits per heavy atom. The third-order valence-electron chi connectivity index (χ3n) is 4.57. The quantitative estimate of drug-likeness (QED) is 0.404. The number of anilines is 2. The van der Waals surface area contributed by atoms with Crippen molar-refractivity contribution in [1.82, 2.24) is 14.8 Å². The number of aryl methyl sites for hydroxylation is 1. The summed E-state index contributed by atoms with van der Waals surface area (Å²) in [4.78, 5) is 23.6. The van der Waals surface area contributed by atoms with Gasteiger partial charge in [-0.3, -0.25) is 14.2 Å². The summed E-state index contributed by atoms with van der Waals surface area (Å²) in [7, 11) is 0. The molecule has 0 atom stereocenters. The Labute approximate surface area is 189 Å². The number of amides is 2. The summed E-state index contributed by atoms with van der Waals surface area (Å²) < 4.78 is 7.35. The van der Waals surface area contributed by atoms with Gasteiger partial charge in [0.25, 0.3) is 0 Å². The third kappa shape index (κ3) is 4.89. The second-order valence-corrected chi connectivity index (χ2v) is 7.91. The Kier molecular flexibility index (Phi) is 6.37. The summed E-state index contributed by atoms with van der Waals surface area (Å²) in [5, 5.41) is 14.8. The highest BCUT2D eigenvalue weighted by Crippen LogP contribution is 2.30. The summed E-state index contributed by atoms with van der Waals surface area (Å²) in [5.41, 5.74) is 3.05. The maximum absolute atomic E-state index is 12.5. The molecule has 0 aliphatic carbocycles. The minimum atomic E-state index is -0.175. The molecule has 2 aromatic heterocycles. The number of hydrogen-bond acceptors (Lipinski definition) is 6. The van der Waals surface area contributed by atoms with Gasteiger partial charge in [-0.1, -0.05) is 30.0 Å². The van der Waals surface area contributed by atoms with Crippen LogP contribution in [0, 0.1) is 6.92 Å². The van der Waals surface area contributed by atoms with Gasteiger partial charge in [0.05, 0.1) is 17.6 Å². The molecule has 0 saturated carbocycles. The Balaban J connectivity index is 1.50. The lowest BCUT2D eigenvalue weighted by Gasteiger charge is -2.10. The van der Waals surface area contributed by atoms with Crippen molar-refractivity contribution in [2.45, 2.75) is 19.0 Å². The summed E-state index contributed by atoms with van der Waals surface area (Å²) in [6.45, 7) is 3.32. The second kappa shape index (κ2) is 9.52. The number of para-hydroxylation sites is 1. The highest BCUT2D eigenvalue weighted by atomic mass is 32.2. The van der Waals surface area contributed by atoms with Gasteiger partial charge in [0, 0.05) is 24.0 Å². The number of nitrogens with one attached hydrogen (secondary N) is 2. The number of nitrogens with zero attached hydrogens (tertiary/aromatic N) is 3. The molecule has 2 aromatic carbocycles. The van der Waals surface area contributed by atoms with Crippen LogP contribution in [-0.4, -0.2) is 32.3 Å². The average Bonchev–Trinajstić information content (AvgIpc) is 3.39. The molecule has 0 fully saturated rings. The van der Waals surface area contributed by atoms with Crippen molar-refractivity contribution in [2.75, 3.05) is 16.4 Å². The molecule has 0 spiro atoms. The fourth-order valence-corrected chi connectivity index (χ4v) is 3.88. The number of thioether (sulfide) groups is 1. The molecule has 4 rings (SSSR count). The first kappa shape index (κ1) is 21.4. The molecular formula is C23H21N5O3S. The van der Waals surface area contributed by atoms with E-state index in [0.29, 0.717) is 22.4 Å². The standard InChI is InChI=1S/C23H21N5O3S/c1-15-20(12-13-31-15)22-26-27-23(28(22)19-6-4-3-5-7-19)32-14-21(30)25-18-10-8-17(9-11-18)24-16(2)29/h3-13H,14H2,1-2H3,(H,24,29)(H,25,30). The van der Waals surface area contributed by atoms with Crippen LogP contribution in [0.1, 0.15) is 12.7 Å². The van der Waals surface area contributed by atoms with E-state index in [4.69, 9.17) is 4.42 Å². The lowest BCUT2D eigenvalue weighted by molar-refractivity contribution is -0.114. The summed E-state index contributed by atoms with van der Waals surface area (Å²) in [6.07, 6.45) is 1.62. The molecule has 162 valence electrons. The van der Waals surface area contributed by atoms with Gasteiger partial charge in [-0.05, 0) is 49.4 Å². The smallest absolute Gasteiger partial charge is 0.234 e. The highest BCUT2D eigenvalue weighted by molar-refractivity contribution is 7.99. The molecule has 0 aliphatic rings. The molecule has 0 bridgehead atoms. The van der Waals surface area contributed by atoms with E-state index in [1.165, 1.54) is 18.7 Å². The van der Waals surface area contributed by atoms with Crippen molar-refractivity contribution < 1.29 is 14.0 Å². The summed E-state index contributed by atoms with van der Waals surface area (Å²) in [5.74, 6) is 1.23. The van der Waals surface area contributed by atoms with Gasteiger partial charge in [-0.25, -0.2) is 0 Å². The van der Waals surface area contributed by atoms with E-state index < -0.39 is 0 Å². The largest absolute Gasteiger partial charge is 0.469 e. The molecule has 2 N–H and O–H groups in total. The van der Waals surface area contributed by atoms with Crippen LogP contribution >= 0.6 is 11.8 Å². The molecule has 2 amide bonds. The predicted molar refractivity (Wildman–Crippen MR) is 124 cm³/mol. The maximum Gasteiger partial charge on any atom is 0.234 e. The maximum atomic E-state index is 12.5. The summed E-state index contributed by atoms with van der Waals surface area (Å²) in [6, 6.07) is 18.5. The number of carbonyl (C=O) groups excluding carboxylic acids is 2. The Morgan fingerprint density at radius 3 is 2.28 bits per heavy atom. The van der Waals surface area contributed by atoms with Gasteiger partial charge in [-0.15, -0.1) is 10.2 Å². The molecule has 0 saturated heterocycles. The van der Waals surface area contributed by atoms with Crippen molar-refractivity contribution in [2.24, 2.45) is 0 Å². The molecule has 0 unspecified atom stereocenters. The first-order valence-corrected chi connectivity index (χ1v) is 10.9. The van der Waals surface area contributed by atoms with Gasteiger partial charge in [0.2, 0.25) is 11.8 Å². The molecule has 0 radical (unpaired) electrons. The van der Waals surface area contributed by atoms with E-state index in [0.717, 1.165) is 17.0 Å². The number of benzene rings is 2. The van der Waals surface area contributed by atoms with Gasteiger partial charge in [0.1, 0.15) is 5.76 Å². The number of furan rings is 1. The van der Waals surface area contributed by atoms with Crippen LogP contribution in [-0.2, 0) is 9.59 Å². The van der Waals surface area contributed by atoms with Gasteiger partial charge < -0.3 is 15.1 Å². The normalized spacial score (nSPS) is 10.7. The average molecular weight is 448 g/mol. The van der Waals surface area contributed by atoms with E-state index in [1.54, 1.807) is 30.5 Å². The molecule has 32 heavy (non-hydrogen) atoms. The van der Waals surface area contributed by atoms with Crippen LogP contribution in [0.25, 0.3) is 17.1 Å². The molecule has 4 aromatic rings. The van der Waals surface area contributed by atoms with Crippen molar-refractivity contribution in [3.8, 4) is 17.1 Å². The number of rotatable bonds is 7. The van der Waals surface area contributed by atoms with Crippen LogP contribution in [0.2, 0.25) is 0 Å². The van der Waals surface area contributed by atoms with E-state index in [2.05, 4.69) is 20.8 Å². The fourth-order valence-electron chi connectivity index (χ4n) is 3.13. The highest BCUT2D eigenvalue weighted by Gasteiger charge is 2.19. The van der Waals surface area contributed by atoms with Gasteiger partial charge in [-0.2, -0.15) is 0 Å². The van der Waals surface area contributed by atoms with Crippen molar-refractivity contribution in [3.05, 3.63) is 72.7 Å². The zero-order valence-electron chi connectivity index (χ0n) is 17.5. The number of aromatic nitrogens is 3. The zero-order chi connectivity index (χ0) is 22.5. The first-order chi connectivity index (χ1) is 15.5. The molecule has 0 aliphatic heterocycles. The number of hydrogen-bond donors (Lipinski definition) is 2. The van der Waals surface area contributed by atoms with Crippen LogP contribution < -0.4 is 10.6 Å². The lowest BCUT2D eigenvalue weighted by Crippen LogP contribution is -2.14. The molecule has 9 heteroatoms. The van der Waals surface area contributed by atoms with Crippen molar-refractivity contribution >= 4 is 35.0 Å². The fraction of sp³-hybridized carbons (Fsp3) is 0.130. The van der Waals surface area contributed by atoms with Crippen LogP contribution in [0.15, 0.2) is 76.5 Å². The zero-order valence-corrected chi connectivity index (χ0v) is 18.3. The Morgan fingerprint density at radius 2 is 1.66 bits per heavy atom. The molecule has 8 nitrogen and oxygen atoms in total. The molecular weight excluding hydrogens is 426 g/mol. The van der Waals surface area contributed by atoms with Crippen molar-refractivity contribution in [1.29, 1.82) is 0 Å². The van der Waals surface area contributed by atoms with Crippen LogP contribution in [0.5, 0.6) is 0 Å². The third-order valence-corrected chi connectivity index (χ3v) is 5.50. The Hall–Kier alpha value is -3.85. The predicted octanol–water partition coefficient (Wildman–Crippen LogP) is 4.52. The SMILES string of the molecule is CC(=O)Nc1ccc(NC(=O)CSc2nnc(-c3ccoc3C)n2-c2ccccc2)cc1. The first-order valence-electron chi connectivity index (χ1n) is 9.87. The van der Waals surface area contributed by atoms with Crippen LogP contribution in [0.3, 0.4) is 0 Å². The van der Waals surface area contributed by atoms with E-state index in [-0.39, 0.29) is 17.6 Å². The van der Waals surface area contributed by atoms with E-state index >= 15 is 0 Å². The van der Waals surface area contributed by atoms with Crippen molar-refractivity contribution in [3.63, 3.8) is 0 Å². The van der Waals surface area contributed by atoms with Gasteiger partial charge in [0.15, 0.2) is 11.0 Å². The summed E-state index contributed by atoms with van der Waals surface area (Å²) >= 11 is 1.29.